The molecular formula is C16H24F3N. The second-order valence-electron chi connectivity index (χ2n) is 5.33. The van der Waals surface area contributed by atoms with Gasteiger partial charge in [0.2, 0.25) is 0 Å². The van der Waals surface area contributed by atoms with Gasteiger partial charge in [-0.3, -0.25) is 0 Å². The van der Waals surface area contributed by atoms with Gasteiger partial charge in [-0.15, -0.1) is 0 Å². The van der Waals surface area contributed by atoms with Gasteiger partial charge in [0.15, 0.2) is 0 Å². The zero-order valence-electron chi connectivity index (χ0n) is 12.2. The third kappa shape index (κ3) is 6.94. The Morgan fingerprint density at radius 1 is 1.10 bits per heavy atom. The highest BCUT2D eigenvalue weighted by atomic mass is 19.4. The first-order valence-electron chi connectivity index (χ1n) is 7.30. The minimum atomic E-state index is -4.04. The van der Waals surface area contributed by atoms with Crippen LogP contribution in [0.2, 0.25) is 0 Å². The van der Waals surface area contributed by atoms with Gasteiger partial charge in [0.05, 0.1) is 0 Å². The van der Waals surface area contributed by atoms with Crippen LogP contribution in [0.3, 0.4) is 0 Å². The predicted molar refractivity (Wildman–Crippen MR) is 76.6 cm³/mol. The number of alkyl halides is 3. The van der Waals surface area contributed by atoms with Crippen LogP contribution in [-0.4, -0.2) is 12.2 Å². The van der Waals surface area contributed by atoms with Crippen LogP contribution in [0.1, 0.15) is 57.6 Å². The van der Waals surface area contributed by atoms with E-state index in [0.29, 0.717) is 6.42 Å². The Morgan fingerprint density at radius 2 is 1.75 bits per heavy atom. The zero-order valence-corrected chi connectivity index (χ0v) is 12.2. The SMILES string of the molecule is CCCC(NC(C)CCCC(F)(F)F)c1ccccc1. The first-order chi connectivity index (χ1) is 9.42. The maximum Gasteiger partial charge on any atom is 0.389 e. The van der Waals surface area contributed by atoms with Crippen LogP contribution in [0.25, 0.3) is 0 Å². The van der Waals surface area contributed by atoms with Gasteiger partial charge < -0.3 is 5.32 Å². The van der Waals surface area contributed by atoms with Crippen molar-refractivity contribution >= 4 is 0 Å². The number of hydrogen-bond acceptors (Lipinski definition) is 1. The molecule has 0 aliphatic carbocycles. The van der Waals surface area contributed by atoms with E-state index in [1.807, 2.05) is 25.1 Å². The van der Waals surface area contributed by atoms with Gasteiger partial charge in [-0.25, -0.2) is 0 Å². The summed E-state index contributed by atoms with van der Waals surface area (Å²) in [5, 5.41) is 3.45. The summed E-state index contributed by atoms with van der Waals surface area (Å²) in [6, 6.07) is 10.4. The Morgan fingerprint density at radius 3 is 2.30 bits per heavy atom. The summed E-state index contributed by atoms with van der Waals surface area (Å²) in [6.07, 6.45) is -1.96. The fraction of sp³-hybridized carbons (Fsp3) is 0.625. The van der Waals surface area contributed by atoms with Crippen molar-refractivity contribution < 1.29 is 13.2 Å². The van der Waals surface area contributed by atoms with Crippen LogP contribution in [0, 0.1) is 0 Å². The van der Waals surface area contributed by atoms with Gasteiger partial charge in [-0.2, -0.15) is 13.2 Å². The number of halogens is 3. The standard InChI is InChI=1S/C16H24F3N/c1-3-8-15(14-10-5-4-6-11-14)20-13(2)9-7-12-16(17,18)19/h4-6,10-11,13,15,20H,3,7-9,12H2,1-2H3. The minimum Gasteiger partial charge on any atom is -0.307 e. The van der Waals surface area contributed by atoms with Gasteiger partial charge >= 0.3 is 6.18 Å². The molecule has 0 bridgehead atoms. The normalized spacial score (nSPS) is 15.1. The number of rotatable bonds is 8. The number of nitrogens with one attached hydrogen (secondary N) is 1. The highest BCUT2D eigenvalue weighted by Gasteiger charge is 2.26. The third-order valence-electron chi connectivity index (χ3n) is 3.36. The molecule has 0 fully saturated rings. The van der Waals surface area contributed by atoms with E-state index >= 15 is 0 Å². The van der Waals surface area contributed by atoms with E-state index in [1.165, 1.54) is 5.56 Å². The maximum atomic E-state index is 12.1. The van der Waals surface area contributed by atoms with Gasteiger partial charge in [0.1, 0.15) is 0 Å². The summed E-state index contributed by atoms with van der Waals surface area (Å²) in [5.74, 6) is 0. The lowest BCUT2D eigenvalue weighted by atomic mass is 10.0. The highest BCUT2D eigenvalue weighted by molar-refractivity contribution is 5.18. The summed E-state index contributed by atoms with van der Waals surface area (Å²) < 4.78 is 36.4. The molecule has 2 unspecified atom stereocenters. The van der Waals surface area contributed by atoms with Crippen LogP contribution in [0.5, 0.6) is 0 Å². The van der Waals surface area contributed by atoms with Crippen molar-refractivity contribution in [3.63, 3.8) is 0 Å². The Labute approximate surface area is 119 Å². The Hall–Kier alpha value is -1.03. The lowest BCUT2D eigenvalue weighted by Gasteiger charge is -2.23. The lowest BCUT2D eigenvalue weighted by Crippen LogP contribution is -2.30. The molecule has 4 heteroatoms. The summed E-state index contributed by atoms with van der Waals surface area (Å²) >= 11 is 0. The number of hydrogen-bond donors (Lipinski definition) is 1. The third-order valence-corrected chi connectivity index (χ3v) is 3.36. The van der Waals surface area contributed by atoms with Crippen LogP contribution < -0.4 is 5.32 Å². The maximum absolute atomic E-state index is 12.1. The molecule has 1 aromatic rings. The fourth-order valence-corrected chi connectivity index (χ4v) is 2.36. The van der Waals surface area contributed by atoms with Crippen molar-refractivity contribution in [2.75, 3.05) is 0 Å². The van der Waals surface area contributed by atoms with E-state index in [1.54, 1.807) is 0 Å². The highest BCUT2D eigenvalue weighted by Crippen LogP contribution is 2.24. The monoisotopic (exact) mass is 287 g/mol. The van der Waals surface area contributed by atoms with Crippen LogP contribution in [-0.2, 0) is 0 Å². The molecule has 20 heavy (non-hydrogen) atoms. The molecule has 0 aliphatic rings. The van der Waals surface area contributed by atoms with Gasteiger partial charge in [-0.1, -0.05) is 43.7 Å². The molecule has 2 atom stereocenters. The predicted octanol–water partition coefficient (Wildman–Crippen LogP) is 5.24. The van der Waals surface area contributed by atoms with Crippen molar-refractivity contribution in [3.8, 4) is 0 Å². The Bertz CT molecular complexity index is 362. The van der Waals surface area contributed by atoms with Crippen molar-refractivity contribution in [1.82, 2.24) is 5.32 Å². The van der Waals surface area contributed by atoms with Crippen molar-refractivity contribution in [2.24, 2.45) is 0 Å². The van der Waals surface area contributed by atoms with Gasteiger partial charge in [-0.05, 0) is 31.7 Å². The fourth-order valence-electron chi connectivity index (χ4n) is 2.36. The summed E-state index contributed by atoms with van der Waals surface area (Å²) in [6.45, 7) is 4.08. The zero-order chi connectivity index (χ0) is 15.0. The molecule has 0 saturated heterocycles. The smallest absolute Gasteiger partial charge is 0.307 e. The van der Waals surface area contributed by atoms with Crippen LogP contribution in [0.15, 0.2) is 30.3 Å². The molecule has 0 spiro atoms. The van der Waals surface area contributed by atoms with Gasteiger partial charge in [0, 0.05) is 18.5 Å². The first-order valence-corrected chi connectivity index (χ1v) is 7.30. The molecule has 0 aliphatic heterocycles. The molecule has 1 rings (SSSR count). The molecule has 114 valence electrons. The molecule has 0 saturated carbocycles. The van der Waals surface area contributed by atoms with E-state index in [0.717, 1.165) is 12.8 Å². The van der Waals surface area contributed by atoms with Crippen LogP contribution in [0.4, 0.5) is 13.2 Å². The molecule has 0 heterocycles. The molecule has 0 radical (unpaired) electrons. The number of benzene rings is 1. The Kier molecular flexibility index (Phi) is 7.06. The quantitative estimate of drug-likeness (QED) is 0.689. The van der Waals surface area contributed by atoms with Crippen molar-refractivity contribution in [2.45, 2.75) is 64.2 Å². The second-order valence-corrected chi connectivity index (χ2v) is 5.33. The second kappa shape index (κ2) is 8.30. The molecule has 1 N–H and O–H groups in total. The largest absolute Gasteiger partial charge is 0.389 e. The van der Waals surface area contributed by atoms with E-state index < -0.39 is 12.6 Å². The first kappa shape index (κ1) is 17.0. The summed E-state index contributed by atoms with van der Waals surface area (Å²) in [7, 11) is 0. The van der Waals surface area contributed by atoms with Crippen molar-refractivity contribution in [3.05, 3.63) is 35.9 Å². The molecule has 0 amide bonds. The summed E-state index contributed by atoms with van der Waals surface area (Å²) in [5.41, 5.74) is 1.21. The topological polar surface area (TPSA) is 12.0 Å². The van der Waals surface area contributed by atoms with Gasteiger partial charge in [0.25, 0.3) is 0 Å². The molecular weight excluding hydrogens is 263 g/mol. The molecule has 1 nitrogen and oxygen atoms in total. The summed E-state index contributed by atoms with van der Waals surface area (Å²) in [4.78, 5) is 0. The van der Waals surface area contributed by atoms with E-state index in [9.17, 15) is 13.2 Å². The Balaban J connectivity index is 2.45. The van der Waals surface area contributed by atoms with Crippen LogP contribution >= 0.6 is 0 Å². The average Bonchev–Trinajstić information content (AvgIpc) is 2.38. The molecule has 1 aromatic carbocycles. The van der Waals surface area contributed by atoms with E-state index in [-0.39, 0.29) is 18.5 Å². The van der Waals surface area contributed by atoms with Crippen molar-refractivity contribution in [1.29, 1.82) is 0 Å². The molecule has 0 aromatic heterocycles. The lowest BCUT2D eigenvalue weighted by molar-refractivity contribution is -0.135. The van der Waals surface area contributed by atoms with E-state index in [2.05, 4.69) is 24.4 Å². The van der Waals surface area contributed by atoms with E-state index in [4.69, 9.17) is 0 Å². The average molecular weight is 287 g/mol. The minimum absolute atomic E-state index is 0.0918.